The van der Waals surface area contributed by atoms with E-state index >= 15 is 0 Å². The zero-order chi connectivity index (χ0) is 13.2. The number of aryl methyl sites for hydroxylation is 2. The van der Waals surface area contributed by atoms with E-state index < -0.39 is 0 Å². The molecule has 0 spiro atoms. The Balaban J connectivity index is 1.77. The second-order valence-corrected chi connectivity index (χ2v) is 6.33. The van der Waals surface area contributed by atoms with Crippen LogP contribution in [0.5, 0.6) is 0 Å². The quantitative estimate of drug-likeness (QED) is 0.864. The van der Waals surface area contributed by atoms with Crippen LogP contribution in [0.2, 0.25) is 0 Å². The molecule has 6 heteroatoms. The fourth-order valence-corrected chi connectivity index (χ4v) is 3.37. The molecule has 2 aromatic heterocycles. The Morgan fingerprint density at radius 2 is 2.26 bits per heavy atom. The lowest BCUT2D eigenvalue weighted by atomic mass is 9.99. The Kier molecular flexibility index (Phi) is 3.61. The average molecular weight is 278 g/mol. The Labute approximate surface area is 116 Å². The van der Waals surface area contributed by atoms with E-state index in [0.717, 1.165) is 41.0 Å². The Morgan fingerprint density at radius 1 is 1.37 bits per heavy atom. The highest BCUT2D eigenvalue weighted by atomic mass is 32.1. The van der Waals surface area contributed by atoms with Crippen LogP contribution in [0.1, 0.15) is 46.8 Å². The van der Waals surface area contributed by atoms with E-state index in [9.17, 15) is 0 Å². The smallest absolute Gasteiger partial charge is 0.133 e. The highest BCUT2D eigenvalue weighted by Crippen LogP contribution is 2.32. The standard InChI is InChI=1S/C13H18N4OS/c1-9-7-11(16-18-9)12-5-3-4-6-17(12)8-13-15-14-10(2)19-13/h7,12H,3-6,8H2,1-2H3/t12-/m0/s1. The summed E-state index contributed by atoms with van der Waals surface area (Å²) in [6, 6.07) is 2.41. The van der Waals surface area contributed by atoms with Gasteiger partial charge in [-0.1, -0.05) is 11.6 Å². The normalized spacial score (nSPS) is 20.8. The van der Waals surface area contributed by atoms with Gasteiger partial charge in [-0.25, -0.2) is 0 Å². The van der Waals surface area contributed by atoms with Gasteiger partial charge in [0.05, 0.1) is 12.6 Å². The first-order valence-corrected chi connectivity index (χ1v) is 7.50. The molecule has 3 heterocycles. The molecule has 0 aromatic carbocycles. The molecule has 102 valence electrons. The van der Waals surface area contributed by atoms with Crippen molar-refractivity contribution in [1.29, 1.82) is 0 Å². The molecule has 0 radical (unpaired) electrons. The Bertz CT molecular complexity index is 550. The number of hydrogen-bond acceptors (Lipinski definition) is 6. The van der Waals surface area contributed by atoms with E-state index in [2.05, 4.69) is 20.3 Å². The molecule has 0 unspecified atom stereocenters. The van der Waals surface area contributed by atoms with Gasteiger partial charge in [0.15, 0.2) is 0 Å². The van der Waals surface area contributed by atoms with Crippen LogP contribution >= 0.6 is 11.3 Å². The fourth-order valence-electron chi connectivity index (χ4n) is 2.63. The third-order valence-corrected chi connectivity index (χ3v) is 4.33. The van der Waals surface area contributed by atoms with Crippen molar-refractivity contribution in [1.82, 2.24) is 20.3 Å². The van der Waals surface area contributed by atoms with Crippen LogP contribution in [0.15, 0.2) is 10.6 Å². The van der Waals surface area contributed by atoms with E-state index in [1.165, 1.54) is 12.8 Å². The van der Waals surface area contributed by atoms with Crippen molar-refractivity contribution in [3.63, 3.8) is 0 Å². The Morgan fingerprint density at radius 3 is 2.95 bits per heavy atom. The zero-order valence-electron chi connectivity index (χ0n) is 11.3. The maximum Gasteiger partial charge on any atom is 0.133 e. The number of nitrogens with zero attached hydrogens (tertiary/aromatic N) is 4. The molecule has 0 bridgehead atoms. The lowest BCUT2D eigenvalue weighted by Crippen LogP contribution is -2.33. The molecule has 0 amide bonds. The number of hydrogen-bond donors (Lipinski definition) is 0. The van der Waals surface area contributed by atoms with E-state index in [1.807, 2.05) is 19.9 Å². The van der Waals surface area contributed by atoms with Crippen molar-refractivity contribution in [2.45, 2.75) is 45.7 Å². The van der Waals surface area contributed by atoms with Crippen LogP contribution in [0.3, 0.4) is 0 Å². The summed E-state index contributed by atoms with van der Waals surface area (Å²) in [6.45, 7) is 5.89. The summed E-state index contributed by atoms with van der Waals surface area (Å²) >= 11 is 1.68. The second-order valence-electron chi connectivity index (χ2n) is 5.06. The summed E-state index contributed by atoms with van der Waals surface area (Å²) in [5.74, 6) is 0.882. The molecule has 2 aromatic rings. The lowest BCUT2D eigenvalue weighted by molar-refractivity contribution is 0.133. The summed E-state index contributed by atoms with van der Waals surface area (Å²) in [4.78, 5) is 2.45. The van der Waals surface area contributed by atoms with Gasteiger partial charge in [0, 0.05) is 6.07 Å². The van der Waals surface area contributed by atoms with E-state index in [0.29, 0.717) is 6.04 Å². The molecule has 19 heavy (non-hydrogen) atoms. The third-order valence-electron chi connectivity index (χ3n) is 3.51. The zero-order valence-corrected chi connectivity index (χ0v) is 12.1. The lowest BCUT2D eigenvalue weighted by Gasteiger charge is -2.33. The molecule has 1 atom stereocenters. The minimum Gasteiger partial charge on any atom is -0.361 e. The summed E-state index contributed by atoms with van der Waals surface area (Å²) in [6.07, 6.45) is 3.64. The van der Waals surface area contributed by atoms with E-state index in [1.54, 1.807) is 11.3 Å². The first-order chi connectivity index (χ1) is 9.22. The Hall–Kier alpha value is -1.27. The van der Waals surface area contributed by atoms with Crippen molar-refractivity contribution in [3.05, 3.63) is 27.5 Å². The van der Waals surface area contributed by atoms with Gasteiger partial charge in [0.2, 0.25) is 0 Å². The second kappa shape index (κ2) is 5.38. The van der Waals surface area contributed by atoms with Gasteiger partial charge in [-0.2, -0.15) is 0 Å². The van der Waals surface area contributed by atoms with Crippen molar-refractivity contribution in [2.75, 3.05) is 6.54 Å². The predicted octanol–water partition coefficient (Wildman–Crippen LogP) is 2.87. The molecular weight excluding hydrogens is 260 g/mol. The maximum absolute atomic E-state index is 5.22. The number of rotatable bonds is 3. The van der Waals surface area contributed by atoms with Gasteiger partial charge in [-0.05, 0) is 33.2 Å². The highest BCUT2D eigenvalue weighted by Gasteiger charge is 2.27. The van der Waals surface area contributed by atoms with Gasteiger partial charge in [-0.15, -0.1) is 21.5 Å². The molecule has 0 aliphatic carbocycles. The van der Waals surface area contributed by atoms with Crippen molar-refractivity contribution in [3.8, 4) is 0 Å². The third kappa shape index (κ3) is 2.84. The molecule has 1 aliphatic heterocycles. The molecular formula is C13H18N4OS. The molecule has 1 fully saturated rings. The summed E-state index contributed by atoms with van der Waals surface area (Å²) in [5.41, 5.74) is 1.05. The molecule has 5 nitrogen and oxygen atoms in total. The first-order valence-electron chi connectivity index (χ1n) is 6.68. The number of likely N-dealkylation sites (tertiary alicyclic amines) is 1. The minimum atomic E-state index is 0.357. The van der Waals surface area contributed by atoms with E-state index in [4.69, 9.17) is 4.52 Å². The van der Waals surface area contributed by atoms with Gasteiger partial charge < -0.3 is 4.52 Å². The van der Waals surface area contributed by atoms with Crippen LogP contribution in [0.4, 0.5) is 0 Å². The SMILES string of the molecule is Cc1cc([C@@H]2CCCCN2Cc2nnc(C)s2)no1. The average Bonchev–Trinajstić information content (AvgIpc) is 2.99. The van der Waals surface area contributed by atoms with Crippen molar-refractivity contribution >= 4 is 11.3 Å². The highest BCUT2D eigenvalue weighted by molar-refractivity contribution is 7.11. The van der Waals surface area contributed by atoms with Crippen molar-refractivity contribution < 1.29 is 4.52 Å². The van der Waals surface area contributed by atoms with Crippen LogP contribution in [0, 0.1) is 13.8 Å². The first kappa shape index (κ1) is 12.7. The monoisotopic (exact) mass is 278 g/mol. The van der Waals surface area contributed by atoms with Crippen LogP contribution < -0.4 is 0 Å². The molecule has 3 rings (SSSR count). The van der Waals surface area contributed by atoms with Gasteiger partial charge in [-0.3, -0.25) is 4.90 Å². The molecule has 1 saturated heterocycles. The fraction of sp³-hybridized carbons (Fsp3) is 0.615. The largest absolute Gasteiger partial charge is 0.361 e. The predicted molar refractivity (Wildman–Crippen MR) is 72.9 cm³/mol. The molecule has 1 aliphatic rings. The van der Waals surface area contributed by atoms with Crippen LogP contribution in [-0.4, -0.2) is 26.8 Å². The summed E-state index contributed by atoms with van der Waals surface area (Å²) < 4.78 is 5.22. The topological polar surface area (TPSA) is 55.1 Å². The summed E-state index contributed by atoms with van der Waals surface area (Å²) in [7, 11) is 0. The number of aromatic nitrogens is 3. The minimum absolute atomic E-state index is 0.357. The molecule has 0 N–H and O–H groups in total. The van der Waals surface area contributed by atoms with Crippen molar-refractivity contribution in [2.24, 2.45) is 0 Å². The van der Waals surface area contributed by atoms with Crippen LogP contribution in [-0.2, 0) is 6.54 Å². The van der Waals surface area contributed by atoms with Gasteiger partial charge in [0.1, 0.15) is 21.5 Å². The van der Waals surface area contributed by atoms with Gasteiger partial charge >= 0.3 is 0 Å². The van der Waals surface area contributed by atoms with E-state index in [-0.39, 0.29) is 0 Å². The number of piperidine rings is 1. The molecule has 0 saturated carbocycles. The van der Waals surface area contributed by atoms with Crippen LogP contribution in [0.25, 0.3) is 0 Å². The maximum atomic E-state index is 5.22. The van der Waals surface area contributed by atoms with Gasteiger partial charge in [0.25, 0.3) is 0 Å². The summed E-state index contributed by atoms with van der Waals surface area (Å²) in [5, 5.41) is 14.6.